The summed E-state index contributed by atoms with van der Waals surface area (Å²) in [5, 5.41) is 3.24. The zero-order valence-corrected chi connectivity index (χ0v) is 17.5. The summed E-state index contributed by atoms with van der Waals surface area (Å²) in [6.07, 6.45) is 2.65. The van der Waals surface area contributed by atoms with E-state index in [1.54, 1.807) is 36.4 Å². The number of anilines is 1. The number of amides is 1. The van der Waals surface area contributed by atoms with E-state index in [9.17, 15) is 13.2 Å². The summed E-state index contributed by atoms with van der Waals surface area (Å²) < 4.78 is 37.7. The van der Waals surface area contributed by atoms with Crippen LogP contribution < -0.4 is 10.0 Å². The Kier molecular flexibility index (Phi) is 5.90. The third kappa shape index (κ3) is 4.85. The number of nitrogens with zero attached hydrogens (tertiary/aromatic N) is 1. The minimum atomic E-state index is -3.73. The molecule has 0 spiro atoms. The summed E-state index contributed by atoms with van der Waals surface area (Å²) >= 11 is 5.90. The van der Waals surface area contributed by atoms with Gasteiger partial charge in [-0.25, -0.2) is 18.1 Å². The van der Waals surface area contributed by atoms with Gasteiger partial charge in [0.05, 0.1) is 17.7 Å². The molecule has 0 aliphatic carbocycles. The van der Waals surface area contributed by atoms with Crippen molar-refractivity contribution in [2.24, 2.45) is 0 Å². The maximum absolute atomic E-state index is 12.7. The second-order valence-corrected chi connectivity index (χ2v) is 8.62. The van der Waals surface area contributed by atoms with E-state index in [1.165, 1.54) is 36.9 Å². The van der Waals surface area contributed by atoms with Crippen LogP contribution in [0.2, 0.25) is 5.02 Å². The van der Waals surface area contributed by atoms with Gasteiger partial charge < -0.3 is 14.2 Å². The van der Waals surface area contributed by atoms with Crippen molar-refractivity contribution in [2.75, 3.05) is 5.32 Å². The number of nitrogens with one attached hydrogen (secondary N) is 2. The summed E-state index contributed by atoms with van der Waals surface area (Å²) in [4.78, 5) is 16.7. The van der Waals surface area contributed by atoms with E-state index in [0.717, 1.165) is 0 Å². The molecule has 0 fully saturated rings. The van der Waals surface area contributed by atoms with Gasteiger partial charge in [-0.3, -0.25) is 4.79 Å². The van der Waals surface area contributed by atoms with E-state index in [1.807, 2.05) is 0 Å². The lowest BCUT2D eigenvalue weighted by Gasteiger charge is -2.08. The van der Waals surface area contributed by atoms with Crippen LogP contribution in [-0.2, 0) is 16.6 Å². The van der Waals surface area contributed by atoms with Crippen molar-refractivity contribution < 1.29 is 22.0 Å². The molecule has 0 aliphatic heterocycles. The number of carbonyl (C=O) groups is 1. The van der Waals surface area contributed by atoms with E-state index in [4.69, 9.17) is 20.4 Å². The summed E-state index contributed by atoms with van der Waals surface area (Å²) in [7, 11) is -3.73. The fourth-order valence-corrected chi connectivity index (χ4v) is 3.90. The number of sulfonamides is 1. The highest BCUT2D eigenvalue weighted by molar-refractivity contribution is 7.89. The van der Waals surface area contributed by atoms with Crippen molar-refractivity contribution in [1.82, 2.24) is 9.71 Å². The topological polar surface area (TPSA) is 114 Å². The molecule has 8 nitrogen and oxygen atoms in total. The number of hydrogen-bond donors (Lipinski definition) is 2. The molecule has 4 aromatic rings. The summed E-state index contributed by atoms with van der Waals surface area (Å²) in [6, 6.07) is 15.9. The highest BCUT2D eigenvalue weighted by Crippen LogP contribution is 2.25. The zero-order chi connectivity index (χ0) is 21.8. The van der Waals surface area contributed by atoms with Crippen LogP contribution in [0.15, 0.2) is 87.1 Å². The molecule has 4 rings (SSSR count). The quantitative estimate of drug-likeness (QED) is 0.427. The SMILES string of the molecule is O=C(Nc1ccc(S(=O)(=O)NCc2ccco2)cc1)c1ncoc1-c1ccc(Cl)cc1. The summed E-state index contributed by atoms with van der Waals surface area (Å²) in [5.74, 6) is 0.303. The molecule has 2 heterocycles. The Bertz CT molecular complexity index is 1280. The van der Waals surface area contributed by atoms with Crippen LogP contribution in [0.1, 0.15) is 16.2 Å². The number of carbonyl (C=O) groups excluding carboxylic acids is 1. The van der Waals surface area contributed by atoms with E-state index in [2.05, 4.69) is 15.0 Å². The molecular weight excluding hydrogens is 442 g/mol. The van der Waals surface area contributed by atoms with Gasteiger partial charge in [-0.2, -0.15) is 0 Å². The zero-order valence-electron chi connectivity index (χ0n) is 15.9. The van der Waals surface area contributed by atoms with Gasteiger partial charge in [-0.15, -0.1) is 0 Å². The van der Waals surface area contributed by atoms with Gasteiger partial charge in [0.15, 0.2) is 17.8 Å². The van der Waals surface area contributed by atoms with Crippen molar-refractivity contribution in [3.63, 3.8) is 0 Å². The molecule has 158 valence electrons. The van der Waals surface area contributed by atoms with Crippen LogP contribution in [0.4, 0.5) is 5.69 Å². The number of furan rings is 1. The van der Waals surface area contributed by atoms with Crippen molar-refractivity contribution in [1.29, 1.82) is 0 Å². The van der Waals surface area contributed by atoms with Crippen LogP contribution in [0.5, 0.6) is 0 Å². The number of benzene rings is 2. The number of rotatable bonds is 7. The first-order chi connectivity index (χ1) is 14.9. The molecule has 0 saturated heterocycles. The Morgan fingerprint density at radius 3 is 2.42 bits per heavy atom. The Morgan fingerprint density at radius 2 is 1.74 bits per heavy atom. The van der Waals surface area contributed by atoms with Gasteiger partial charge in [0, 0.05) is 16.3 Å². The Morgan fingerprint density at radius 1 is 1.00 bits per heavy atom. The smallest absolute Gasteiger partial charge is 0.278 e. The lowest BCUT2D eigenvalue weighted by atomic mass is 10.1. The molecule has 2 aromatic heterocycles. The van der Waals surface area contributed by atoms with Crippen LogP contribution in [0.3, 0.4) is 0 Å². The molecule has 0 aliphatic rings. The number of oxazole rings is 1. The lowest BCUT2D eigenvalue weighted by molar-refractivity contribution is 0.102. The summed E-state index contributed by atoms with van der Waals surface area (Å²) in [6.45, 7) is 0.0352. The van der Waals surface area contributed by atoms with Gasteiger partial charge in [0.2, 0.25) is 10.0 Å². The minimum absolute atomic E-state index is 0.0352. The largest absolute Gasteiger partial charge is 0.468 e. The lowest BCUT2D eigenvalue weighted by Crippen LogP contribution is -2.23. The van der Waals surface area contributed by atoms with Crippen LogP contribution >= 0.6 is 11.6 Å². The first-order valence-corrected chi connectivity index (χ1v) is 10.9. The second-order valence-electron chi connectivity index (χ2n) is 6.42. The van der Waals surface area contributed by atoms with Crippen LogP contribution in [-0.4, -0.2) is 19.3 Å². The molecule has 0 saturated carbocycles. The van der Waals surface area contributed by atoms with E-state index in [0.29, 0.717) is 27.8 Å². The molecule has 2 aromatic carbocycles. The number of halogens is 1. The van der Waals surface area contributed by atoms with Gasteiger partial charge in [0.1, 0.15) is 5.76 Å². The Labute approximate surface area is 182 Å². The summed E-state index contributed by atoms with van der Waals surface area (Å²) in [5.41, 5.74) is 1.15. The fraction of sp³-hybridized carbons (Fsp3) is 0.0476. The fourth-order valence-electron chi connectivity index (χ4n) is 2.78. The van der Waals surface area contributed by atoms with Crippen molar-refractivity contribution in [3.8, 4) is 11.3 Å². The third-order valence-electron chi connectivity index (χ3n) is 4.33. The Hall–Kier alpha value is -3.40. The van der Waals surface area contributed by atoms with E-state index in [-0.39, 0.29) is 17.1 Å². The van der Waals surface area contributed by atoms with Gasteiger partial charge in [0.25, 0.3) is 5.91 Å². The van der Waals surface area contributed by atoms with Crippen molar-refractivity contribution in [3.05, 3.63) is 89.8 Å². The first-order valence-electron chi connectivity index (χ1n) is 9.05. The molecule has 0 unspecified atom stereocenters. The molecule has 1 amide bonds. The van der Waals surface area contributed by atoms with Crippen LogP contribution in [0, 0.1) is 0 Å². The first kappa shape index (κ1) is 20.9. The predicted molar refractivity (Wildman–Crippen MR) is 114 cm³/mol. The average Bonchev–Trinajstić information content (AvgIpc) is 3.45. The molecule has 2 N–H and O–H groups in total. The number of aromatic nitrogens is 1. The maximum atomic E-state index is 12.7. The monoisotopic (exact) mass is 457 g/mol. The van der Waals surface area contributed by atoms with Crippen LogP contribution in [0.25, 0.3) is 11.3 Å². The highest BCUT2D eigenvalue weighted by atomic mass is 35.5. The Balaban J connectivity index is 1.45. The van der Waals surface area contributed by atoms with Gasteiger partial charge >= 0.3 is 0 Å². The molecule has 0 radical (unpaired) electrons. The van der Waals surface area contributed by atoms with E-state index >= 15 is 0 Å². The standard InChI is InChI=1S/C21H16ClN3O5S/c22-15-5-3-14(4-6-15)20-19(23-13-30-20)21(26)25-16-7-9-18(10-8-16)31(27,28)24-12-17-2-1-11-29-17/h1-11,13,24H,12H2,(H,25,26). The maximum Gasteiger partial charge on any atom is 0.278 e. The van der Waals surface area contributed by atoms with Gasteiger partial charge in [-0.1, -0.05) is 11.6 Å². The van der Waals surface area contributed by atoms with E-state index < -0.39 is 15.9 Å². The molecule has 10 heteroatoms. The second kappa shape index (κ2) is 8.76. The number of hydrogen-bond acceptors (Lipinski definition) is 6. The molecule has 0 atom stereocenters. The predicted octanol–water partition coefficient (Wildman–Crippen LogP) is 4.32. The van der Waals surface area contributed by atoms with Crippen molar-refractivity contribution in [2.45, 2.75) is 11.4 Å². The molecular formula is C21H16ClN3O5S. The molecule has 0 bridgehead atoms. The molecule has 31 heavy (non-hydrogen) atoms. The normalized spacial score (nSPS) is 11.4. The highest BCUT2D eigenvalue weighted by Gasteiger charge is 2.19. The average molecular weight is 458 g/mol. The minimum Gasteiger partial charge on any atom is -0.468 e. The van der Waals surface area contributed by atoms with Crippen molar-refractivity contribution >= 4 is 33.2 Å². The van der Waals surface area contributed by atoms with Gasteiger partial charge in [-0.05, 0) is 60.7 Å². The third-order valence-corrected chi connectivity index (χ3v) is 6.00.